The number of hydrogen-bond acceptors (Lipinski definition) is 8. The van der Waals surface area contributed by atoms with Crippen molar-refractivity contribution in [2.45, 2.75) is 29.0 Å². The van der Waals surface area contributed by atoms with Gasteiger partial charge in [-0.05, 0) is 25.0 Å². The summed E-state index contributed by atoms with van der Waals surface area (Å²) in [5, 5.41) is 13.0. The molecule has 1 aromatic carbocycles. The Bertz CT molecular complexity index is 920. The van der Waals surface area contributed by atoms with E-state index in [9.17, 15) is 4.79 Å². The lowest BCUT2D eigenvalue weighted by Gasteiger charge is -2.08. The number of ether oxygens (including phenoxy) is 1. The number of hydrogen-bond donors (Lipinski definition) is 2. The molecule has 0 amide bonds. The maximum absolute atomic E-state index is 12.1. The average molecular weight is 375 g/mol. The fraction of sp³-hybridized carbons (Fsp3) is 0.375. The monoisotopic (exact) mass is 375 g/mol. The zero-order valence-electron chi connectivity index (χ0n) is 13.4. The predicted octanol–water partition coefficient (Wildman–Crippen LogP) is 2.66. The Hall–Kier alpha value is -1.97. The fourth-order valence-electron chi connectivity index (χ4n) is 2.68. The Balaban J connectivity index is 1.37. The third kappa shape index (κ3) is 4.00. The van der Waals surface area contributed by atoms with E-state index in [1.807, 2.05) is 18.2 Å². The minimum atomic E-state index is -0.114. The highest BCUT2D eigenvalue weighted by Crippen LogP contribution is 2.27. The minimum Gasteiger partial charge on any atom is -0.376 e. The molecule has 25 heavy (non-hydrogen) atoms. The first-order chi connectivity index (χ1) is 12.3. The molecule has 0 saturated carbocycles. The standard InChI is InChI=1S/C16H17N5O2S2/c22-14-11-5-1-2-6-12(11)18-13(19-14)9-24-16-21-20-15(25-16)17-8-10-4-3-7-23-10/h1-2,5-6,10H,3-4,7-9H2,(H,17,20)(H,18,19,22)/t10-/m0/s1. The van der Waals surface area contributed by atoms with Crippen molar-refractivity contribution in [1.29, 1.82) is 0 Å². The first kappa shape index (κ1) is 16.5. The van der Waals surface area contributed by atoms with Crippen LogP contribution in [0.3, 0.4) is 0 Å². The number of nitrogens with one attached hydrogen (secondary N) is 2. The number of thioether (sulfide) groups is 1. The van der Waals surface area contributed by atoms with E-state index in [1.165, 1.54) is 23.1 Å². The molecule has 0 bridgehead atoms. The summed E-state index contributed by atoms with van der Waals surface area (Å²) in [6.07, 6.45) is 2.49. The van der Waals surface area contributed by atoms with Crippen molar-refractivity contribution >= 4 is 39.1 Å². The van der Waals surface area contributed by atoms with Crippen LogP contribution in [-0.2, 0) is 10.5 Å². The van der Waals surface area contributed by atoms with Gasteiger partial charge in [-0.15, -0.1) is 10.2 Å². The van der Waals surface area contributed by atoms with Gasteiger partial charge in [-0.2, -0.15) is 0 Å². The lowest BCUT2D eigenvalue weighted by Crippen LogP contribution is -2.18. The van der Waals surface area contributed by atoms with E-state index in [2.05, 4.69) is 25.5 Å². The number of H-pyrrole nitrogens is 1. The highest BCUT2D eigenvalue weighted by atomic mass is 32.2. The summed E-state index contributed by atoms with van der Waals surface area (Å²) in [5.74, 6) is 1.18. The van der Waals surface area contributed by atoms with Gasteiger partial charge >= 0.3 is 0 Å². The number of anilines is 1. The number of aromatic nitrogens is 4. The van der Waals surface area contributed by atoms with Gasteiger partial charge in [0, 0.05) is 13.2 Å². The number of aromatic amines is 1. The van der Waals surface area contributed by atoms with Crippen molar-refractivity contribution in [3.63, 3.8) is 0 Å². The van der Waals surface area contributed by atoms with Gasteiger partial charge in [0.1, 0.15) is 5.82 Å². The molecule has 1 aliphatic heterocycles. The maximum Gasteiger partial charge on any atom is 0.258 e. The number of rotatable bonds is 6. The molecular weight excluding hydrogens is 358 g/mol. The van der Waals surface area contributed by atoms with Crippen molar-refractivity contribution in [3.8, 4) is 0 Å². The molecule has 0 radical (unpaired) electrons. The average Bonchev–Trinajstić information content (AvgIpc) is 3.30. The third-order valence-corrected chi connectivity index (χ3v) is 5.93. The van der Waals surface area contributed by atoms with Crippen LogP contribution in [0.2, 0.25) is 0 Å². The molecule has 0 unspecified atom stereocenters. The smallest absolute Gasteiger partial charge is 0.258 e. The second-order valence-electron chi connectivity index (χ2n) is 5.71. The van der Waals surface area contributed by atoms with Crippen molar-refractivity contribution < 1.29 is 4.74 Å². The van der Waals surface area contributed by atoms with Gasteiger partial charge in [0.05, 0.1) is 22.8 Å². The first-order valence-corrected chi connectivity index (χ1v) is 9.88. The van der Waals surface area contributed by atoms with E-state index in [4.69, 9.17) is 4.74 Å². The summed E-state index contributed by atoms with van der Waals surface area (Å²) in [6, 6.07) is 7.33. The van der Waals surface area contributed by atoms with E-state index >= 15 is 0 Å². The quantitative estimate of drug-likeness (QED) is 0.640. The third-order valence-electron chi connectivity index (χ3n) is 3.91. The Morgan fingerprint density at radius 1 is 1.36 bits per heavy atom. The molecule has 3 aromatic rings. The molecule has 1 atom stereocenters. The molecule has 7 nitrogen and oxygen atoms in total. The van der Waals surface area contributed by atoms with Crippen LogP contribution in [0, 0.1) is 0 Å². The van der Waals surface area contributed by atoms with Crippen LogP contribution in [0.25, 0.3) is 10.9 Å². The van der Waals surface area contributed by atoms with Gasteiger partial charge in [0.2, 0.25) is 5.13 Å². The van der Waals surface area contributed by atoms with Crippen molar-refractivity contribution in [2.24, 2.45) is 0 Å². The summed E-state index contributed by atoms with van der Waals surface area (Å²) < 4.78 is 6.42. The van der Waals surface area contributed by atoms with Crippen LogP contribution in [0.15, 0.2) is 33.4 Å². The van der Waals surface area contributed by atoms with E-state index in [-0.39, 0.29) is 11.7 Å². The molecule has 3 heterocycles. The lowest BCUT2D eigenvalue weighted by molar-refractivity contribution is 0.120. The highest BCUT2D eigenvalue weighted by Gasteiger charge is 2.16. The van der Waals surface area contributed by atoms with Crippen molar-refractivity contribution in [2.75, 3.05) is 18.5 Å². The molecule has 4 rings (SSSR count). The highest BCUT2D eigenvalue weighted by molar-refractivity contribution is 8.00. The molecule has 0 spiro atoms. The van der Waals surface area contributed by atoms with Crippen LogP contribution in [-0.4, -0.2) is 39.4 Å². The molecule has 1 aliphatic rings. The number of benzene rings is 1. The van der Waals surface area contributed by atoms with E-state index in [1.54, 1.807) is 6.07 Å². The predicted molar refractivity (Wildman–Crippen MR) is 99.3 cm³/mol. The summed E-state index contributed by atoms with van der Waals surface area (Å²) in [7, 11) is 0. The molecule has 1 saturated heterocycles. The van der Waals surface area contributed by atoms with Crippen LogP contribution in [0.4, 0.5) is 5.13 Å². The molecule has 2 N–H and O–H groups in total. The van der Waals surface area contributed by atoms with E-state index < -0.39 is 0 Å². The van der Waals surface area contributed by atoms with E-state index in [0.29, 0.717) is 22.5 Å². The van der Waals surface area contributed by atoms with Crippen LogP contribution < -0.4 is 10.9 Å². The lowest BCUT2D eigenvalue weighted by atomic mass is 10.2. The molecule has 9 heteroatoms. The summed E-state index contributed by atoms with van der Waals surface area (Å²) in [6.45, 7) is 1.61. The van der Waals surface area contributed by atoms with Crippen molar-refractivity contribution in [3.05, 3.63) is 40.4 Å². The van der Waals surface area contributed by atoms with Gasteiger partial charge in [0.15, 0.2) is 4.34 Å². The minimum absolute atomic E-state index is 0.114. The summed E-state index contributed by atoms with van der Waals surface area (Å²) in [5.41, 5.74) is 0.593. The van der Waals surface area contributed by atoms with Gasteiger partial charge < -0.3 is 15.0 Å². The summed E-state index contributed by atoms with van der Waals surface area (Å²) in [4.78, 5) is 19.4. The van der Waals surface area contributed by atoms with Gasteiger partial charge in [-0.25, -0.2) is 4.98 Å². The zero-order valence-corrected chi connectivity index (χ0v) is 15.0. The first-order valence-electron chi connectivity index (χ1n) is 8.07. The number of para-hydroxylation sites is 1. The topological polar surface area (TPSA) is 92.8 Å². The van der Waals surface area contributed by atoms with E-state index in [0.717, 1.165) is 35.5 Å². The number of fused-ring (bicyclic) bond motifs is 1. The molecule has 1 fully saturated rings. The number of nitrogens with zero attached hydrogens (tertiary/aromatic N) is 3. The fourth-order valence-corrected chi connectivity index (χ4v) is 4.31. The zero-order chi connectivity index (χ0) is 17.1. The maximum atomic E-state index is 12.1. The Labute approximate surface area is 152 Å². The molecule has 0 aliphatic carbocycles. The van der Waals surface area contributed by atoms with Gasteiger partial charge in [-0.1, -0.05) is 35.2 Å². The second-order valence-corrected chi connectivity index (χ2v) is 7.91. The van der Waals surface area contributed by atoms with Crippen LogP contribution >= 0.6 is 23.1 Å². The Morgan fingerprint density at radius 2 is 2.28 bits per heavy atom. The summed E-state index contributed by atoms with van der Waals surface area (Å²) >= 11 is 3.01. The molecular formula is C16H17N5O2S2. The van der Waals surface area contributed by atoms with Crippen LogP contribution in [0.1, 0.15) is 18.7 Å². The van der Waals surface area contributed by atoms with Gasteiger partial charge in [0.25, 0.3) is 5.56 Å². The SMILES string of the molecule is O=c1[nH]c(CSc2nnc(NC[C@@H]3CCCO3)s2)nc2ccccc12. The molecule has 130 valence electrons. The second kappa shape index (κ2) is 7.51. The Morgan fingerprint density at radius 3 is 3.16 bits per heavy atom. The Kier molecular flexibility index (Phi) is 4.95. The van der Waals surface area contributed by atoms with Crippen LogP contribution in [0.5, 0.6) is 0 Å². The van der Waals surface area contributed by atoms with Gasteiger partial charge in [-0.3, -0.25) is 4.79 Å². The molecule has 2 aromatic heterocycles. The largest absolute Gasteiger partial charge is 0.376 e. The normalized spacial score (nSPS) is 17.2. The van der Waals surface area contributed by atoms with Crippen molar-refractivity contribution in [1.82, 2.24) is 20.2 Å².